The van der Waals surface area contributed by atoms with Gasteiger partial charge in [0, 0.05) is 13.5 Å². The minimum Gasteiger partial charge on any atom is -0.382 e. The van der Waals surface area contributed by atoms with Crippen molar-refractivity contribution in [1.29, 1.82) is 0 Å². The van der Waals surface area contributed by atoms with E-state index >= 15 is 0 Å². The van der Waals surface area contributed by atoms with Gasteiger partial charge in [-0.15, -0.1) is 10.2 Å². The van der Waals surface area contributed by atoms with Gasteiger partial charge in [-0.1, -0.05) is 6.08 Å². The number of nitrogens with zero attached hydrogens (tertiary/aromatic N) is 2. The number of hydrogen-bond acceptors (Lipinski definition) is 4. The zero-order chi connectivity index (χ0) is 10.4. The first-order chi connectivity index (χ1) is 6.68. The monoisotopic (exact) mass is 192 g/mol. The lowest BCUT2D eigenvalue weighted by Gasteiger charge is -1.95. The molecule has 0 fully saturated rings. The second kappa shape index (κ2) is 4.96. The van der Waals surface area contributed by atoms with Crippen molar-refractivity contribution in [2.24, 2.45) is 0 Å². The van der Waals surface area contributed by atoms with Crippen LogP contribution in [0.2, 0.25) is 0 Å². The maximum atomic E-state index is 10.5. The van der Waals surface area contributed by atoms with E-state index in [-0.39, 0.29) is 5.91 Å². The standard InChI is InChI=1S/C9H12N4O/c1-7(14)11-6-2-3-8-4-5-9(10)13-12-8/h2-5H,6H2,1H3,(H2,10,13)(H,11,14). The summed E-state index contributed by atoms with van der Waals surface area (Å²) in [6.45, 7) is 1.96. The average molecular weight is 192 g/mol. The van der Waals surface area contributed by atoms with Crippen LogP contribution in [-0.4, -0.2) is 22.6 Å². The molecule has 0 aliphatic carbocycles. The molecule has 0 spiro atoms. The van der Waals surface area contributed by atoms with Crippen molar-refractivity contribution in [2.75, 3.05) is 12.3 Å². The number of anilines is 1. The molecule has 1 rings (SSSR count). The number of carbonyl (C=O) groups excluding carboxylic acids is 1. The molecule has 3 N–H and O–H groups in total. The molecule has 74 valence electrons. The van der Waals surface area contributed by atoms with Crippen LogP contribution >= 0.6 is 0 Å². The van der Waals surface area contributed by atoms with E-state index in [2.05, 4.69) is 15.5 Å². The van der Waals surface area contributed by atoms with E-state index in [4.69, 9.17) is 5.73 Å². The topological polar surface area (TPSA) is 80.9 Å². The van der Waals surface area contributed by atoms with Crippen molar-refractivity contribution in [1.82, 2.24) is 15.5 Å². The highest BCUT2D eigenvalue weighted by Crippen LogP contribution is 1.98. The molecule has 1 heterocycles. The van der Waals surface area contributed by atoms with Crippen LogP contribution < -0.4 is 11.1 Å². The molecule has 1 aromatic heterocycles. The number of rotatable bonds is 3. The summed E-state index contributed by atoms with van der Waals surface area (Å²) in [7, 11) is 0. The number of amides is 1. The summed E-state index contributed by atoms with van der Waals surface area (Å²) in [5.74, 6) is 0.335. The molecule has 14 heavy (non-hydrogen) atoms. The van der Waals surface area contributed by atoms with E-state index in [0.717, 1.165) is 0 Å². The van der Waals surface area contributed by atoms with Gasteiger partial charge in [-0.2, -0.15) is 0 Å². The molecule has 0 unspecified atom stereocenters. The fourth-order valence-corrected chi connectivity index (χ4v) is 0.824. The lowest BCUT2D eigenvalue weighted by molar-refractivity contribution is -0.118. The summed E-state index contributed by atoms with van der Waals surface area (Å²) in [6.07, 6.45) is 3.56. The lowest BCUT2D eigenvalue weighted by Crippen LogP contribution is -2.19. The molecule has 0 radical (unpaired) electrons. The molecule has 0 atom stereocenters. The number of nitrogens with one attached hydrogen (secondary N) is 1. The smallest absolute Gasteiger partial charge is 0.217 e. The Bertz CT molecular complexity index is 331. The molecule has 5 heteroatoms. The van der Waals surface area contributed by atoms with Gasteiger partial charge in [0.1, 0.15) is 5.82 Å². The average Bonchev–Trinajstić information content (AvgIpc) is 2.15. The minimum atomic E-state index is -0.0574. The molecule has 0 aliphatic heterocycles. The molecular weight excluding hydrogens is 180 g/mol. The fourth-order valence-electron chi connectivity index (χ4n) is 0.824. The molecule has 0 bridgehead atoms. The van der Waals surface area contributed by atoms with Gasteiger partial charge in [0.05, 0.1) is 5.69 Å². The van der Waals surface area contributed by atoms with Gasteiger partial charge in [-0.05, 0) is 18.2 Å². The summed E-state index contributed by atoms with van der Waals surface area (Å²) < 4.78 is 0. The zero-order valence-electron chi connectivity index (χ0n) is 7.90. The van der Waals surface area contributed by atoms with Crippen LogP contribution in [-0.2, 0) is 4.79 Å². The Morgan fingerprint density at radius 3 is 2.93 bits per heavy atom. The third kappa shape index (κ3) is 3.66. The highest BCUT2D eigenvalue weighted by atomic mass is 16.1. The molecular formula is C9H12N4O. The Kier molecular flexibility index (Phi) is 3.60. The highest BCUT2D eigenvalue weighted by molar-refractivity contribution is 5.73. The van der Waals surface area contributed by atoms with Crippen molar-refractivity contribution in [3.63, 3.8) is 0 Å². The Labute approximate surface area is 82.0 Å². The van der Waals surface area contributed by atoms with Gasteiger partial charge in [-0.25, -0.2) is 0 Å². The third-order valence-electron chi connectivity index (χ3n) is 1.46. The van der Waals surface area contributed by atoms with Crippen LogP contribution in [0.25, 0.3) is 6.08 Å². The molecule has 5 nitrogen and oxygen atoms in total. The Morgan fingerprint density at radius 2 is 2.36 bits per heavy atom. The Balaban J connectivity index is 2.44. The zero-order valence-corrected chi connectivity index (χ0v) is 7.90. The third-order valence-corrected chi connectivity index (χ3v) is 1.46. The summed E-state index contributed by atoms with van der Waals surface area (Å²) in [6, 6.07) is 3.43. The van der Waals surface area contributed by atoms with Crippen molar-refractivity contribution in [2.45, 2.75) is 6.92 Å². The van der Waals surface area contributed by atoms with Gasteiger partial charge in [0.15, 0.2) is 0 Å². The molecule has 0 saturated heterocycles. The predicted molar refractivity (Wildman–Crippen MR) is 54.2 cm³/mol. The van der Waals surface area contributed by atoms with Gasteiger partial charge in [-0.3, -0.25) is 4.79 Å². The van der Waals surface area contributed by atoms with Crippen LogP contribution in [0.5, 0.6) is 0 Å². The number of carbonyl (C=O) groups is 1. The number of hydrogen-bond donors (Lipinski definition) is 2. The van der Waals surface area contributed by atoms with E-state index in [9.17, 15) is 4.79 Å². The van der Waals surface area contributed by atoms with Crippen molar-refractivity contribution < 1.29 is 4.79 Å². The minimum absolute atomic E-state index is 0.0574. The van der Waals surface area contributed by atoms with Crippen LogP contribution in [0.1, 0.15) is 12.6 Å². The first kappa shape index (κ1) is 10.2. The highest BCUT2D eigenvalue weighted by Gasteiger charge is 1.89. The van der Waals surface area contributed by atoms with Gasteiger partial charge in [0.25, 0.3) is 0 Å². The second-order valence-electron chi connectivity index (χ2n) is 2.72. The van der Waals surface area contributed by atoms with Crippen LogP contribution in [0.3, 0.4) is 0 Å². The van der Waals surface area contributed by atoms with E-state index in [0.29, 0.717) is 18.1 Å². The van der Waals surface area contributed by atoms with E-state index in [1.807, 2.05) is 0 Å². The first-order valence-electron chi connectivity index (χ1n) is 4.18. The van der Waals surface area contributed by atoms with Gasteiger partial charge >= 0.3 is 0 Å². The van der Waals surface area contributed by atoms with Gasteiger partial charge in [0.2, 0.25) is 5.91 Å². The maximum absolute atomic E-state index is 10.5. The molecule has 1 amide bonds. The van der Waals surface area contributed by atoms with Crippen LogP contribution in [0.15, 0.2) is 18.2 Å². The largest absolute Gasteiger partial charge is 0.382 e. The Hall–Kier alpha value is -1.91. The SMILES string of the molecule is CC(=O)NCC=Cc1ccc(N)nn1. The Morgan fingerprint density at radius 1 is 1.57 bits per heavy atom. The summed E-state index contributed by atoms with van der Waals surface area (Å²) in [5, 5.41) is 10.1. The molecule has 0 aromatic carbocycles. The molecule has 1 aromatic rings. The van der Waals surface area contributed by atoms with Crippen LogP contribution in [0.4, 0.5) is 5.82 Å². The normalized spacial score (nSPS) is 10.4. The summed E-state index contributed by atoms with van der Waals surface area (Å²) in [5.41, 5.74) is 6.08. The predicted octanol–water partition coefficient (Wildman–Crippen LogP) is 0.208. The quantitative estimate of drug-likeness (QED) is 0.717. The summed E-state index contributed by atoms with van der Waals surface area (Å²) >= 11 is 0. The van der Waals surface area contributed by atoms with Crippen molar-refractivity contribution in [3.8, 4) is 0 Å². The lowest BCUT2D eigenvalue weighted by atomic mass is 10.3. The number of nitrogen functional groups attached to an aromatic ring is 1. The molecule has 0 saturated carbocycles. The molecule has 0 aliphatic rings. The first-order valence-corrected chi connectivity index (χ1v) is 4.18. The fraction of sp³-hybridized carbons (Fsp3) is 0.222. The van der Waals surface area contributed by atoms with E-state index in [1.54, 1.807) is 24.3 Å². The van der Waals surface area contributed by atoms with Crippen molar-refractivity contribution >= 4 is 17.8 Å². The van der Waals surface area contributed by atoms with E-state index < -0.39 is 0 Å². The van der Waals surface area contributed by atoms with Gasteiger partial charge < -0.3 is 11.1 Å². The van der Waals surface area contributed by atoms with Crippen LogP contribution in [0, 0.1) is 0 Å². The number of nitrogens with two attached hydrogens (primary N) is 1. The van der Waals surface area contributed by atoms with E-state index in [1.165, 1.54) is 6.92 Å². The summed E-state index contributed by atoms with van der Waals surface area (Å²) in [4.78, 5) is 10.5. The maximum Gasteiger partial charge on any atom is 0.217 e. The van der Waals surface area contributed by atoms with Crippen molar-refractivity contribution in [3.05, 3.63) is 23.9 Å². The second-order valence-corrected chi connectivity index (χ2v) is 2.72. The number of aromatic nitrogens is 2.